The minimum atomic E-state index is -0.884. The number of nitrogens with one attached hydrogen (secondary N) is 5. The fourth-order valence-electron chi connectivity index (χ4n) is 4.43. The van der Waals surface area contributed by atoms with Crippen molar-refractivity contribution in [2.45, 2.75) is 31.8 Å². The molecule has 1 aromatic heterocycles. The van der Waals surface area contributed by atoms with Gasteiger partial charge in [0.2, 0.25) is 0 Å². The van der Waals surface area contributed by atoms with E-state index in [0.29, 0.717) is 51.4 Å². The molecule has 1 aliphatic carbocycles. The molecule has 5 N–H and O–H groups in total. The van der Waals surface area contributed by atoms with Crippen molar-refractivity contribution >= 4 is 40.6 Å². The maximum absolute atomic E-state index is 14.7. The Hall–Kier alpha value is -5.01. The van der Waals surface area contributed by atoms with Crippen LogP contribution in [0.2, 0.25) is 5.02 Å². The molecule has 0 aliphatic heterocycles. The number of carbonyl (C=O) groups excluding carboxylic acids is 3. The van der Waals surface area contributed by atoms with E-state index < -0.39 is 29.1 Å². The molecule has 1 fully saturated rings. The Labute approximate surface area is 253 Å². The summed E-state index contributed by atoms with van der Waals surface area (Å²) in [6.07, 6.45) is 4.41. The van der Waals surface area contributed by atoms with Crippen molar-refractivity contribution in [1.82, 2.24) is 26.3 Å². The number of rotatable bonds is 9. The van der Waals surface area contributed by atoms with E-state index in [1.54, 1.807) is 68.8 Å². The molecule has 220 valence electrons. The Kier molecular flexibility index (Phi) is 9.91. The van der Waals surface area contributed by atoms with Crippen LogP contribution >= 0.6 is 11.6 Å². The Bertz CT molecular complexity index is 1670. The minimum Gasteiger partial charge on any atom is -0.393 e. The summed E-state index contributed by atoms with van der Waals surface area (Å²) < 4.78 is 14.7. The molecule has 3 amide bonds. The molecule has 0 bridgehead atoms. The van der Waals surface area contributed by atoms with Crippen LogP contribution in [0, 0.1) is 23.1 Å². The first-order valence-electron chi connectivity index (χ1n) is 13.4. The van der Waals surface area contributed by atoms with Gasteiger partial charge in [0.05, 0.1) is 17.1 Å². The van der Waals surface area contributed by atoms with Crippen LogP contribution in [0.1, 0.15) is 52.5 Å². The van der Waals surface area contributed by atoms with Crippen molar-refractivity contribution < 1.29 is 18.8 Å². The zero-order valence-electron chi connectivity index (χ0n) is 23.6. The van der Waals surface area contributed by atoms with Crippen molar-refractivity contribution in [2.24, 2.45) is 0 Å². The topological polar surface area (TPSA) is 136 Å². The van der Waals surface area contributed by atoms with Gasteiger partial charge in [0.15, 0.2) is 0 Å². The molecule has 11 heteroatoms. The summed E-state index contributed by atoms with van der Waals surface area (Å²) in [6, 6.07) is 14.6. The second-order valence-corrected chi connectivity index (χ2v) is 10.3. The highest BCUT2D eigenvalue weighted by Gasteiger charge is 2.46. The normalized spacial score (nSPS) is 13.2. The Balaban J connectivity index is 1.40. The summed E-state index contributed by atoms with van der Waals surface area (Å²) >= 11 is 5.99. The fraction of sp³-hybridized carbons (Fsp3) is 0.219. The maximum Gasteiger partial charge on any atom is 0.310 e. The van der Waals surface area contributed by atoms with Gasteiger partial charge in [-0.3, -0.25) is 14.4 Å². The van der Waals surface area contributed by atoms with Crippen molar-refractivity contribution in [2.75, 3.05) is 13.6 Å². The number of pyridine rings is 1. The Morgan fingerprint density at radius 2 is 1.84 bits per heavy atom. The molecule has 1 saturated carbocycles. The van der Waals surface area contributed by atoms with Crippen LogP contribution in [0.25, 0.3) is 5.57 Å². The van der Waals surface area contributed by atoms with E-state index in [1.165, 1.54) is 12.1 Å². The molecule has 0 spiro atoms. The summed E-state index contributed by atoms with van der Waals surface area (Å²) in [4.78, 5) is 42.1. The number of benzene rings is 2. The van der Waals surface area contributed by atoms with E-state index in [4.69, 9.17) is 17.0 Å². The number of allylic oxidation sites excluding steroid dienone is 1. The number of carbonyl (C=O) groups is 3. The van der Waals surface area contributed by atoms with Crippen LogP contribution in [0.5, 0.6) is 0 Å². The Morgan fingerprint density at radius 1 is 1.09 bits per heavy atom. The van der Waals surface area contributed by atoms with Crippen molar-refractivity contribution in [3.8, 4) is 11.8 Å². The van der Waals surface area contributed by atoms with Gasteiger partial charge in [-0.05, 0) is 78.8 Å². The molecule has 1 heterocycles. The van der Waals surface area contributed by atoms with Crippen molar-refractivity contribution in [3.63, 3.8) is 0 Å². The quantitative estimate of drug-likeness (QED) is 0.145. The molecule has 2 aromatic carbocycles. The number of amides is 3. The molecular weight excluding hydrogens is 571 g/mol. The summed E-state index contributed by atoms with van der Waals surface area (Å²) in [5.41, 5.74) is 2.37. The van der Waals surface area contributed by atoms with E-state index in [9.17, 15) is 18.8 Å². The molecule has 0 unspecified atom stereocenters. The van der Waals surface area contributed by atoms with E-state index in [2.05, 4.69) is 38.1 Å². The molecule has 4 rings (SSSR count). The van der Waals surface area contributed by atoms with Crippen LogP contribution in [0.4, 0.5) is 4.39 Å². The van der Waals surface area contributed by atoms with Gasteiger partial charge in [-0.2, -0.15) is 0 Å². The average Bonchev–Trinajstić information content (AvgIpc) is 3.77. The second-order valence-electron chi connectivity index (χ2n) is 9.89. The van der Waals surface area contributed by atoms with Crippen LogP contribution in [0.15, 0.2) is 67.0 Å². The molecule has 3 aromatic rings. The van der Waals surface area contributed by atoms with Crippen molar-refractivity contribution in [1.29, 1.82) is 5.41 Å². The van der Waals surface area contributed by atoms with Gasteiger partial charge in [0.1, 0.15) is 11.5 Å². The summed E-state index contributed by atoms with van der Waals surface area (Å²) in [6.45, 7) is 1.46. The molecule has 9 nitrogen and oxygen atoms in total. The first kappa shape index (κ1) is 30.9. The lowest BCUT2D eigenvalue weighted by atomic mass is 9.95. The van der Waals surface area contributed by atoms with Crippen molar-refractivity contribution in [3.05, 3.63) is 106 Å². The highest BCUT2D eigenvalue weighted by atomic mass is 35.5. The number of nitrogens with zero attached hydrogens (tertiary/aromatic N) is 1. The number of hydrogen-bond donors (Lipinski definition) is 5. The largest absolute Gasteiger partial charge is 0.393 e. The standard InChI is InChI=1S/C32H30ClFN6O3/c1-20(35)26(19-36-2)22-15-23(17-24(34)16-22)32(11-12-32)40-29(41)25-8-4-3-7-21(25)18-39-31(43)30(42)38-14-6-10-28-27(33)9-5-13-37-28/h3-5,7-9,13,15-17,19,35-36H,11-12,14,18H2,1-2H3,(H,38,42)(H,39,43)(H,40,41)/b26-19+,35-20?. The summed E-state index contributed by atoms with van der Waals surface area (Å²) in [7, 11) is 1.70. The zero-order valence-corrected chi connectivity index (χ0v) is 24.4. The van der Waals surface area contributed by atoms with E-state index in [0.717, 1.165) is 0 Å². The SMILES string of the molecule is CN/C=C(\C(C)=N)c1cc(F)cc(C2(NC(=O)c3ccccc3CNC(=O)C(=O)NCC#Cc3ncccc3Cl)CC2)c1. The molecule has 0 saturated heterocycles. The van der Waals surface area contributed by atoms with Gasteiger partial charge in [0.25, 0.3) is 5.91 Å². The summed E-state index contributed by atoms with van der Waals surface area (Å²) in [5.74, 6) is 2.79. The van der Waals surface area contributed by atoms with E-state index >= 15 is 0 Å². The van der Waals surface area contributed by atoms with E-state index in [1.807, 2.05) is 0 Å². The molecular formula is C32H30ClFN6O3. The maximum atomic E-state index is 14.7. The third-order valence-electron chi connectivity index (χ3n) is 6.77. The molecule has 43 heavy (non-hydrogen) atoms. The third-order valence-corrected chi connectivity index (χ3v) is 7.07. The second kappa shape index (κ2) is 13.8. The molecule has 0 atom stereocenters. The van der Waals surface area contributed by atoms with Crippen LogP contribution in [-0.2, 0) is 21.7 Å². The highest BCUT2D eigenvalue weighted by molar-refractivity contribution is 6.35. The predicted molar refractivity (Wildman–Crippen MR) is 163 cm³/mol. The zero-order chi connectivity index (χ0) is 31.0. The van der Waals surface area contributed by atoms with Crippen LogP contribution in [0.3, 0.4) is 0 Å². The summed E-state index contributed by atoms with van der Waals surface area (Å²) in [5, 5.41) is 19.3. The monoisotopic (exact) mass is 600 g/mol. The van der Waals surface area contributed by atoms with Gasteiger partial charge < -0.3 is 26.7 Å². The predicted octanol–water partition coefficient (Wildman–Crippen LogP) is 3.68. The van der Waals surface area contributed by atoms with Gasteiger partial charge in [-0.25, -0.2) is 9.37 Å². The van der Waals surface area contributed by atoms with Gasteiger partial charge in [-0.1, -0.05) is 35.7 Å². The average molecular weight is 601 g/mol. The lowest BCUT2D eigenvalue weighted by Gasteiger charge is -2.21. The third kappa shape index (κ3) is 7.84. The smallest absolute Gasteiger partial charge is 0.310 e. The molecule has 0 radical (unpaired) electrons. The number of aromatic nitrogens is 1. The first-order valence-corrected chi connectivity index (χ1v) is 13.8. The molecule has 1 aliphatic rings. The number of hydrogen-bond acceptors (Lipinski definition) is 6. The van der Waals surface area contributed by atoms with Gasteiger partial charge >= 0.3 is 11.8 Å². The Morgan fingerprint density at radius 3 is 2.53 bits per heavy atom. The lowest BCUT2D eigenvalue weighted by molar-refractivity contribution is -0.139. The van der Waals surface area contributed by atoms with Gasteiger partial charge in [-0.15, -0.1) is 0 Å². The first-order chi connectivity index (χ1) is 20.6. The van der Waals surface area contributed by atoms with Crippen LogP contribution in [-0.4, -0.2) is 42.0 Å². The lowest BCUT2D eigenvalue weighted by Crippen LogP contribution is -2.40. The highest BCUT2D eigenvalue weighted by Crippen LogP contribution is 2.46. The fourth-order valence-corrected chi connectivity index (χ4v) is 4.60. The van der Waals surface area contributed by atoms with Crippen LogP contribution < -0.4 is 21.3 Å². The number of halogens is 2. The van der Waals surface area contributed by atoms with Gasteiger partial charge in [0, 0.05) is 42.8 Å². The van der Waals surface area contributed by atoms with E-state index in [-0.39, 0.29) is 18.8 Å². The minimum absolute atomic E-state index is 0.0705.